The molecule has 1 atom stereocenters. The van der Waals surface area contributed by atoms with Crippen LogP contribution in [0.4, 0.5) is 0 Å². The lowest BCUT2D eigenvalue weighted by Gasteiger charge is -2.21. The lowest BCUT2D eigenvalue weighted by molar-refractivity contribution is -0.131. The molecule has 4 nitrogen and oxygen atoms in total. The molecule has 3 N–H and O–H groups in total. The summed E-state index contributed by atoms with van der Waals surface area (Å²) in [7, 11) is 1.71. The molecule has 0 aromatic carbocycles. The van der Waals surface area contributed by atoms with E-state index >= 15 is 0 Å². The van der Waals surface area contributed by atoms with E-state index < -0.39 is 0 Å². The molecule has 0 aliphatic heterocycles. The van der Waals surface area contributed by atoms with Gasteiger partial charge in [-0.2, -0.15) is 0 Å². The summed E-state index contributed by atoms with van der Waals surface area (Å²) < 4.78 is 0. The van der Waals surface area contributed by atoms with Crippen molar-refractivity contribution < 1.29 is 9.90 Å². The number of nitrogens with two attached hydrogens (primary N) is 1. The largest absolute Gasteiger partial charge is 0.395 e. The quantitative estimate of drug-likeness (QED) is 0.649. The first-order valence-electron chi connectivity index (χ1n) is 5.56. The monoisotopic (exact) mass is 216 g/mol. The van der Waals surface area contributed by atoms with Gasteiger partial charge in [-0.3, -0.25) is 4.79 Å². The number of likely N-dealkylation sites (N-methyl/N-ethyl adjacent to an activating group) is 1. The van der Waals surface area contributed by atoms with Crippen LogP contribution >= 0.6 is 0 Å². The Morgan fingerprint density at radius 3 is 2.47 bits per heavy atom. The molecule has 0 aliphatic rings. The van der Waals surface area contributed by atoms with Crippen molar-refractivity contribution in [1.82, 2.24) is 4.90 Å². The number of aliphatic hydroxyl groups is 1. The predicted octanol–water partition coefficient (Wildman–Crippen LogP) is 0.448. The summed E-state index contributed by atoms with van der Waals surface area (Å²) in [6, 6.07) is 0. The number of carbonyl (C=O) groups is 1. The summed E-state index contributed by atoms with van der Waals surface area (Å²) in [6.07, 6.45) is 1.47. The lowest BCUT2D eigenvalue weighted by atomic mass is 9.94. The van der Waals surface area contributed by atoms with E-state index in [0.717, 1.165) is 6.42 Å². The van der Waals surface area contributed by atoms with Gasteiger partial charge in [-0.1, -0.05) is 13.8 Å². The minimum atomic E-state index is 0.0136. The highest BCUT2D eigenvalue weighted by Gasteiger charge is 2.16. The third kappa shape index (κ3) is 6.47. The smallest absolute Gasteiger partial charge is 0.222 e. The third-order valence-electron chi connectivity index (χ3n) is 2.46. The van der Waals surface area contributed by atoms with Crippen molar-refractivity contribution in [2.45, 2.75) is 26.7 Å². The van der Waals surface area contributed by atoms with Crippen LogP contribution in [0.1, 0.15) is 26.7 Å². The standard InChI is InChI=1S/C11H24N2O2/c1-9(2)6-10(8-12)7-11(15)13(3)4-5-14/h9-10,14H,4-8,12H2,1-3H3/t10-/m0/s1. The molecule has 4 heteroatoms. The molecular weight excluding hydrogens is 192 g/mol. The Hall–Kier alpha value is -0.610. The Kier molecular flexibility index (Phi) is 7.34. The Morgan fingerprint density at radius 1 is 1.47 bits per heavy atom. The zero-order valence-corrected chi connectivity index (χ0v) is 10.1. The highest BCUT2D eigenvalue weighted by Crippen LogP contribution is 2.15. The van der Waals surface area contributed by atoms with Gasteiger partial charge in [-0.05, 0) is 24.8 Å². The van der Waals surface area contributed by atoms with Gasteiger partial charge in [-0.15, -0.1) is 0 Å². The van der Waals surface area contributed by atoms with Gasteiger partial charge in [-0.25, -0.2) is 0 Å². The minimum absolute atomic E-state index is 0.0136. The van der Waals surface area contributed by atoms with Crippen molar-refractivity contribution in [2.75, 3.05) is 26.7 Å². The summed E-state index contributed by atoms with van der Waals surface area (Å²) in [5.41, 5.74) is 5.62. The SMILES string of the molecule is CC(C)C[C@H](CN)CC(=O)N(C)CCO. The van der Waals surface area contributed by atoms with Crippen LogP contribution in [0, 0.1) is 11.8 Å². The molecular formula is C11H24N2O2. The summed E-state index contributed by atoms with van der Waals surface area (Å²) in [6.45, 7) is 5.23. The second-order valence-corrected chi connectivity index (χ2v) is 4.47. The summed E-state index contributed by atoms with van der Waals surface area (Å²) in [5.74, 6) is 0.897. The highest BCUT2D eigenvalue weighted by molar-refractivity contribution is 5.76. The Bertz CT molecular complexity index is 183. The van der Waals surface area contributed by atoms with E-state index in [9.17, 15) is 4.79 Å². The normalized spacial score (nSPS) is 12.9. The molecule has 0 bridgehead atoms. The van der Waals surface area contributed by atoms with Crippen LogP contribution in [0.5, 0.6) is 0 Å². The Morgan fingerprint density at radius 2 is 2.07 bits per heavy atom. The second-order valence-electron chi connectivity index (χ2n) is 4.47. The van der Waals surface area contributed by atoms with Crippen molar-refractivity contribution in [3.8, 4) is 0 Å². The van der Waals surface area contributed by atoms with Gasteiger partial charge in [0.25, 0.3) is 0 Å². The molecule has 15 heavy (non-hydrogen) atoms. The first-order valence-corrected chi connectivity index (χ1v) is 5.56. The van der Waals surface area contributed by atoms with E-state index in [0.29, 0.717) is 25.4 Å². The van der Waals surface area contributed by atoms with Crippen LogP contribution in [-0.4, -0.2) is 42.7 Å². The molecule has 1 amide bonds. The Labute approximate surface area is 92.4 Å². The first-order chi connectivity index (χ1) is 7.01. The molecule has 0 aromatic heterocycles. The van der Waals surface area contributed by atoms with Crippen LogP contribution in [0.25, 0.3) is 0 Å². The van der Waals surface area contributed by atoms with Gasteiger partial charge in [0.05, 0.1) is 6.61 Å². The van der Waals surface area contributed by atoms with Gasteiger partial charge in [0.1, 0.15) is 0 Å². The van der Waals surface area contributed by atoms with Gasteiger partial charge in [0, 0.05) is 20.0 Å². The molecule has 0 heterocycles. The average Bonchev–Trinajstić information content (AvgIpc) is 2.16. The van der Waals surface area contributed by atoms with Crippen LogP contribution in [0.15, 0.2) is 0 Å². The van der Waals surface area contributed by atoms with E-state index in [-0.39, 0.29) is 18.4 Å². The van der Waals surface area contributed by atoms with Crippen LogP contribution in [0.3, 0.4) is 0 Å². The van der Waals surface area contributed by atoms with Gasteiger partial charge >= 0.3 is 0 Å². The van der Waals surface area contributed by atoms with E-state index in [1.54, 1.807) is 11.9 Å². The predicted molar refractivity (Wildman–Crippen MR) is 61.3 cm³/mol. The molecule has 0 aliphatic carbocycles. The van der Waals surface area contributed by atoms with E-state index in [2.05, 4.69) is 13.8 Å². The molecule has 0 saturated carbocycles. The van der Waals surface area contributed by atoms with Crippen molar-refractivity contribution in [1.29, 1.82) is 0 Å². The van der Waals surface area contributed by atoms with Crippen LogP contribution < -0.4 is 5.73 Å². The number of aliphatic hydroxyl groups excluding tert-OH is 1. The zero-order valence-electron chi connectivity index (χ0n) is 10.1. The fourth-order valence-corrected chi connectivity index (χ4v) is 1.61. The number of hydrogen-bond acceptors (Lipinski definition) is 3. The maximum absolute atomic E-state index is 11.6. The fourth-order valence-electron chi connectivity index (χ4n) is 1.61. The lowest BCUT2D eigenvalue weighted by Crippen LogP contribution is -2.32. The van der Waals surface area contributed by atoms with Crippen molar-refractivity contribution in [2.24, 2.45) is 17.6 Å². The molecule has 0 rings (SSSR count). The molecule has 0 radical (unpaired) electrons. The summed E-state index contributed by atoms with van der Waals surface area (Å²) >= 11 is 0. The van der Waals surface area contributed by atoms with Gasteiger partial charge < -0.3 is 15.7 Å². The first kappa shape index (κ1) is 14.4. The van der Waals surface area contributed by atoms with Crippen LogP contribution in [-0.2, 0) is 4.79 Å². The maximum atomic E-state index is 11.6. The number of amides is 1. The molecule has 0 fully saturated rings. The fraction of sp³-hybridized carbons (Fsp3) is 0.909. The van der Waals surface area contributed by atoms with Gasteiger partial charge in [0.2, 0.25) is 5.91 Å². The number of rotatable bonds is 7. The van der Waals surface area contributed by atoms with Crippen molar-refractivity contribution in [3.63, 3.8) is 0 Å². The third-order valence-corrected chi connectivity index (χ3v) is 2.46. The number of carbonyl (C=O) groups excluding carboxylic acids is 1. The topological polar surface area (TPSA) is 66.6 Å². The summed E-state index contributed by atoms with van der Waals surface area (Å²) in [4.78, 5) is 13.2. The van der Waals surface area contributed by atoms with Crippen molar-refractivity contribution in [3.05, 3.63) is 0 Å². The maximum Gasteiger partial charge on any atom is 0.222 e. The molecule has 0 unspecified atom stereocenters. The number of hydrogen-bond donors (Lipinski definition) is 2. The molecule has 0 aromatic rings. The molecule has 90 valence electrons. The second kappa shape index (κ2) is 7.65. The van der Waals surface area contributed by atoms with E-state index in [4.69, 9.17) is 10.8 Å². The number of nitrogens with zero attached hydrogens (tertiary/aromatic N) is 1. The van der Waals surface area contributed by atoms with Crippen LogP contribution in [0.2, 0.25) is 0 Å². The van der Waals surface area contributed by atoms with Gasteiger partial charge in [0.15, 0.2) is 0 Å². The van der Waals surface area contributed by atoms with E-state index in [1.807, 2.05) is 0 Å². The molecule has 0 saturated heterocycles. The summed E-state index contributed by atoms with van der Waals surface area (Å²) in [5, 5.41) is 8.70. The van der Waals surface area contributed by atoms with Crippen molar-refractivity contribution >= 4 is 5.91 Å². The molecule has 0 spiro atoms. The zero-order chi connectivity index (χ0) is 11.8. The minimum Gasteiger partial charge on any atom is -0.395 e. The van der Waals surface area contributed by atoms with E-state index in [1.165, 1.54) is 0 Å². The highest BCUT2D eigenvalue weighted by atomic mass is 16.3. The Balaban J connectivity index is 4.00. The average molecular weight is 216 g/mol.